The van der Waals surface area contributed by atoms with Gasteiger partial charge in [0.15, 0.2) is 11.6 Å². The molecule has 0 saturated heterocycles. The number of nitrogens with one attached hydrogen (secondary N) is 2. The molecule has 0 aromatic heterocycles. The number of carbonyl (C=O) groups is 2. The van der Waals surface area contributed by atoms with Crippen LogP contribution in [0.1, 0.15) is 99.1 Å². The Morgan fingerprint density at radius 2 is 1.03 bits per heavy atom. The van der Waals surface area contributed by atoms with Crippen LogP contribution in [-0.2, 0) is 0 Å². The summed E-state index contributed by atoms with van der Waals surface area (Å²) in [6.45, 7) is 19.5. The molecular weight excluding hydrogens is 472 g/mol. The third-order valence-corrected chi connectivity index (χ3v) is 7.89. The molecular formula is C32H48N4O2. The molecule has 1 aliphatic carbocycles. The molecule has 0 bridgehead atoms. The first-order valence-electron chi connectivity index (χ1n) is 14.7. The summed E-state index contributed by atoms with van der Waals surface area (Å²) >= 11 is 0. The Hall–Kier alpha value is -2.70. The standard InChI is InChI=1S/C32H48N4O2/c1-7-35(8-2)21-13-15-23(5)33-27-19-11-17-25-29(27)32(38)30-26(31(25)37)18-12-20-28(30)34-24(6)16-14-22-36(9-3)10-4/h11-12,17-20,23-24,33-34H,7-10,13-16,21-22H2,1-6H3. The highest BCUT2D eigenvalue weighted by atomic mass is 16.1. The SMILES string of the molecule is CCN(CC)CCCC(C)Nc1cccc2c1C(=O)c1c(NC(C)CCCN(CC)CC)cccc1C2=O. The van der Waals surface area contributed by atoms with Crippen molar-refractivity contribution in [2.45, 2.75) is 79.3 Å². The van der Waals surface area contributed by atoms with E-state index in [1.807, 2.05) is 24.3 Å². The lowest BCUT2D eigenvalue weighted by molar-refractivity contribution is 0.0980. The van der Waals surface area contributed by atoms with Crippen LogP contribution in [0.3, 0.4) is 0 Å². The zero-order valence-corrected chi connectivity index (χ0v) is 24.4. The number of fused-ring (bicyclic) bond motifs is 2. The third-order valence-electron chi connectivity index (χ3n) is 7.89. The van der Waals surface area contributed by atoms with Crippen molar-refractivity contribution in [2.75, 3.05) is 49.9 Å². The molecule has 208 valence electrons. The zero-order valence-electron chi connectivity index (χ0n) is 24.4. The molecule has 2 aromatic rings. The first-order chi connectivity index (χ1) is 18.3. The zero-order chi connectivity index (χ0) is 27.7. The first kappa shape index (κ1) is 29.9. The van der Waals surface area contributed by atoms with E-state index in [0.717, 1.165) is 76.3 Å². The van der Waals surface area contributed by atoms with E-state index in [9.17, 15) is 9.59 Å². The Labute approximate surface area is 230 Å². The Kier molecular flexibility index (Phi) is 11.4. The number of hydrogen-bond donors (Lipinski definition) is 2. The van der Waals surface area contributed by atoms with Crippen molar-refractivity contribution >= 4 is 22.9 Å². The van der Waals surface area contributed by atoms with Crippen molar-refractivity contribution in [3.05, 3.63) is 58.7 Å². The fourth-order valence-electron chi connectivity index (χ4n) is 5.48. The van der Waals surface area contributed by atoms with Crippen molar-refractivity contribution < 1.29 is 9.59 Å². The van der Waals surface area contributed by atoms with Crippen molar-refractivity contribution in [3.8, 4) is 0 Å². The lowest BCUT2D eigenvalue weighted by Crippen LogP contribution is -2.28. The lowest BCUT2D eigenvalue weighted by atomic mass is 9.82. The van der Waals surface area contributed by atoms with E-state index in [-0.39, 0.29) is 23.7 Å². The smallest absolute Gasteiger partial charge is 0.198 e. The van der Waals surface area contributed by atoms with Gasteiger partial charge in [0.1, 0.15) is 0 Å². The van der Waals surface area contributed by atoms with E-state index in [1.165, 1.54) is 0 Å². The molecule has 6 heteroatoms. The second-order valence-corrected chi connectivity index (χ2v) is 10.5. The number of ketones is 2. The highest BCUT2D eigenvalue weighted by Crippen LogP contribution is 2.36. The monoisotopic (exact) mass is 520 g/mol. The van der Waals surface area contributed by atoms with Crippen molar-refractivity contribution in [1.29, 1.82) is 0 Å². The van der Waals surface area contributed by atoms with Gasteiger partial charge < -0.3 is 20.4 Å². The maximum absolute atomic E-state index is 14.0. The molecule has 0 radical (unpaired) electrons. The fraction of sp³-hybridized carbons (Fsp3) is 0.562. The summed E-state index contributed by atoms with van der Waals surface area (Å²) in [5.41, 5.74) is 3.50. The van der Waals surface area contributed by atoms with Gasteiger partial charge in [0.25, 0.3) is 0 Å². The van der Waals surface area contributed by atoms with Gasteiger partial charge in [0.2, 0.25) is 0 Å². The minimum atomic E-state index is -0.0785. The number of hydrogen-bond acceptors (Lipinski definition) is 6. The van der Waals surface area contributed by atoms with Gasteiger partial charge in [-0.1, -0.05) is 52.0 Å². The van der Waals surface area contributed by atoms with Crippen LogP contribution in [0.15, 0.2) is 36.4 Å². The van der Waals surface area contributed by atoms with Crippen molar-refractivity contribution in [3.63, 3.8) is 0 Å². The third kappa shape index (κ3) is 7.23. The molecule has 2 atom stereocenters. The Bertz CT molecular complexity index is 994. The highest BCUT2D eigenvalue weighted by Gasteiger charge is 2.34. The maximum atomic E-state index is 14.0. The topological polar surface area (TPSA) is 64.7 Å². The van der Waals surface area contributed by atoms with Crippen LogP contribution in [0, 0.1) is 0 Å². The van der Waals surface area contributed by atoms with E-state index in [0.29, 0.717) is 22.3 Å². The average molecular weight is 521 g/mol. The minimum Gasteiger partial charge on any atom is -0.382 e. The minimum absolute atomic E-state index is 0.0773. The largest absolute Gasteiger partial charge is 0.382 e. The van der Waals surface area contributed by atoms with Gasteiger partial charge in [0, 0.05) is 34.6 Å². The summed E-state index contributed by atoms with van der Waals surface area (Å²) < 4.78 is 0. The van der Waals surface area contributed by atoms with Crippen LogP contribution in [0.2, 0.25) is 0 Å². The van der Waals surface area contributed by atoms with Crippen LogP contribution in [0.25, 0.3) is 0 Å². The molecule has 2 aromatic carbocycles. The molecule has 38 heavy (non-hydrogen) atoms. The molecule has 0 fully saturated rings. The van der Waals surface area contributed by atoms with Gasteiger partial charge in [-0.3, -0.25) is 9.59 Å². The molecule has 0 amide bonds. The number of nitrogens with zero attached hydrogens (tertiary/aromatic N) is 2. The second-order valence-electron chi connectivity index (χ2n) is 10.5. The van der Waals surface area contributed by atoms with E-state index < -0.39 is 0 Å². The van der Waals surface area contributed by atoms with Crippen LogP contribution < -0.4 is 10.6 Å². The molecule has 3 rings (SSSR count). The van der Waals surface area contributed by atoms with E-state index in [2.05, 4.69) is 62.0 Å². The molecule has 0 saturated carbocycles. The van der Waals surface area contributed by atoms with E-state index in [1.54, 1.807) is 12.1 Å². The van der Waals surface area contributed by atoms with Crippen LogP contribution in [0.5, 0.6) is 0 Å². The predicted molar refractivity (Wildman–Crippen MR) is 160 cm³/mol. The quantitative estimate of drug-likeness (QED) is 0.231. The van der Waals surface area contributed by atoms with Crippen LogP contribution >= 0.6 is 0 Å². The molecule has 2 N–H and O–H groups in total. The molecule has 0 aliphatic heterocycles. The maximum Gasteiger partial charge on any atom is 0.198 e. The molecule has 1 aliphatic rings. The summed E-state index contributed by atoms with van der Waals surface area (Å²) in [5.74, 6) is -0.156. The van der Waals surface area contributed by atoms with Gasteiger partial charge in [0.05, 0.1) is 11.1 Å². The molecule has 6 nitrogen and oxygen atoms in total. The number of carbonyl (C=O) groups excluding carboxylic acids is 2. The van der Waals surface area contributed by atoms with Gasteiger partial charge in [-0.2, -0.15) is 0 Å². The summed E-state index contributed by atoms with van der Waals surface area (Å²) in [5, 5.41) is 7.11. The van der Waals surface area contributed by atoms with Crippen LogP contribution in [-0.4, -0.2) is 72.7 Å². The summed E-state index contributed by atoms with van der Waals surface area (Å²) in [4.78, 5) is 32.4. The second kappa shape index (κ2) is 14.5. The molecule has 0 spiro atoms. The van der Waals surface area contributed by atoms with Crippen LogP contribution in [0.4, 0.5) is 11.4 Å². The van der Waals surface area contributed by atoms with E-state index >= 15 is 0 Å². The first-order valence-corrected chi connectivity index (χ1v) is 14.7. The number of benzene rings is 2. The summed E-state index contributed by atoms with van der Waals surface area (Å²) in [6, 6.07) is 11.6. The Balaban J connectivity index is 1.76. The van der Waals surface area contributed by atoms with Gasteiger partial charge in [-0.25, -0.2) is 0 Å². The Morgan fingerprint density at radius 3 is 1.39 bits per heavy atom. The molecule has 0 heterocycles. The van der Waals surface area contributed by atoms with E-state index in [4.69, 9.17) is 0 Å². The van der Waals surface area contributed by atoms with Crippen molar-refractivity contribution in [2.24, 2.45) is 0 Å². The average Bonchev–Trinajstić information content (AvgIpc) is 2.92. The fourth-order valence-corrected chi connectivity index (χ4v) is 5.48. The lowest BCUT2D eigenvalue weighted by Gasteiger charge is -2.26. The highest BCUT2D eigenvalue weighted by molar-refractivity contribution is 6.31. The summed E-state index contributed by atoms with van der Waals surface area (Å²) in [6.07, 6.45) is 4.16. The van der Waals surface area contributed by atoms with Gasteiger partial charge in [-0.05, 0) is 90.9 Å². The predicted octanol–water partition coefficient (Wildman–Crippen LogP) is 6.31. The Morgan fingerprint density at radius 1 is 0.632 bits per heavy atom. The van der Waals surface area contributed by atoms with Gasteiger partial charge >= 0.3 is 0 Å². The molecule has 2 unspecified atom stereocenters. The normalized spacial score (nSPS) is 14.4. The van der Waals surface area contributed by atoms with Crippen molar-refractivity contribution in [1.82, 2.24) is 9.80 Å². The number of anilines is 2. The summed E-state index contributed by atoms with van der Waals surface area (Å²) in [7, 11) is 0. The number of rotatable bonds is 16. The van der Waals surface area contributed by atoms with Gasteiger partial charge in [-0.15, -0.1) is 0 Å².